The maximum absolute atomic E-state index is 12.7. The van der Waals surface area contributed by atoms with Crippen LogP contribution in [0.5, 0.6) is 5.75 Å². The van der Waals surface area contributed by atoms with Gasteiger partial charge >= 0.3 is 0 Å². The molecule has 0 aliphatic heterocycles. The van der Waals surface area contributed by atoms with Gasteiger partial charge in [0.1, 0.15) is 17.8 Å². The van der Waals surface area contributed by atoms with Crippen LogP contribution in [0.25, 0.3) is 11.4 Å². The van der Waals surface area contributed by atoms with E-state index in [0.717, 1.165) is 0 Å². The molecule has 2 aromatic heterocycles. The number of methoxy groups -OCH3 is 1. The molecule has 11 heteroatoms. The summed E-state index contributed by atoms with van der Waals surface area (Å²) in [5.74, 6) is 0.893. The maximum atomic E-state index is 12.7. The van der Waals surface area contributed by atoms with E-state index in [4.69, 9.17) is 4.74 Å². The van der Waals surface area contributed by atoms with Crippen LogP contribution < -0.4 is 10.1 Å². The summed E-state index contributed by atoms with van der Waals surface area (Å²) < 4.78 is 8.38. The molecular weight excluding hydrogens is 362 g/mol. The normalized spacial score (nSPS) is 10.6. The lowest BCUT2D eigenvalue weighted by Crippen LogP contribution is -2.13. The van der Waals surface area contributed by atoms with Crippen molar-refractivity contribution in [1.82, 2.24) is 40.4 Å². The van der Waals surface area contributed by atoms with Crippen molar-refractivity contribution in [2.24, 2.45) is 0 Å². The van der Waals surface area contributed by atoms with Crippen LogP contribution in [0.2, 0.25) is 0 Å². The summed E-state index contributed by atoms with van der Waals surface area (Å²) in [6.45, 7) is 1.77. The van der Waals surface area contributed by atoms with Crippen LogP contribution in [0.15, 0.2) is 48.8 Å². The molecule has 0 aliphatic rings. The van der Waals surface area contributed by atoms with E-state index in [2.05, 4.69) is 36.4 Å². The average molecular weight is 377 g/mol. The third-order valence-corrected chi connectivity index (χ3v) is 4.01. The van der Waals surface area contributed by atoms with Crippen molar-refractivity contribution >= 4 is 11.6 Å². The van der Waals surface area contributed by atoms with Gasteiger partial charge in [-0.25, -0.2) is 4.68 Å². The molecule has 0 radical (unpaired) electrons. The molecule has 28 heavy (non-hydrogen) atoms. The largest absolute Gasteiger partial charge is 0.494 e. The van der Waals surface area contributed by atoms with Gasteiger partial charge in [0, 0.05) is 11.3 Å². The van der Waals surface area contributed by atoms with Crippen LogP contribution in [-0.2, 0) is 0 Å². The smallest absolute Gasteiger partial charge is 0.255 e. The van der Waals surface area contributed by atoms with Gasteiger partial charge in [0.05, 0.1) is 12.8 Å². The number of carbonyl (C=O) groups excluding carboxylic acids is 1. The Bertz CT molecular complexity index is 1120. The monoisotopic (exact) mass is 377 g/mol. The van der Waals surface area contributed by atoms with Crippen molar-refractivity contribution in [2.75, 3.05) is 12.4 Å². The zero-order valence-corrected chi connectivity index (χ0v) is 15.0. The van der Waals surface area contributed by atoms with Gasteiger partial charge in [-0.15, -0.1) is 10.2 Å². The predicted molar refractivity (Wildman–Crippen MR) is 97.6 cm³/mol. The molecule has 0 saturated carbocycles. The van der Waals surface area contributed by atoms with Gasteiger partial charge in [0.2, 0.25) is 0 Å². The molecule has 0 saturated heterocycles. The van der Waals surface area contributed by atoms with Gasteiger partial charge in [-0.3, -0.25) is 4.79 Å². The van der Waals surface area contributed by atoms with E-state index in [1.54, 1.807) is 56.5 Å². The number of rotatable bonds is 5. The second kappa shape index (κ2) is 7.23. The Hall–Kier alpha value is -4.15. The molecule has 4 aromatic rings. The van der Waals surface area contributed by atoms with Crippen LogP contribution >= 0.6 is 0 Å². The molecule has 4 rings (SSSR count). The number of anilines is 1. The van der Waals surface area contributed by atoms with Crippen LogP contribution in [0, 0.1) is 6.92 Å². The lowest BCUT2D eigenvalue weighted by Gasteiger charge is -2.12. The molecule has 1 amide bonds. The highest BCUT2D eigenvalue weighted by atomic mass is 16.5. The van der Waals surface area contributed by atoms with Crippen LogP contribution in [0.4, 0.5) is 5.69 Å². The third kappa shape index (κ3) is 3.28. The summed E-state index contributed by atoms with van der Waals surface area (Å²) in [6.07, 6.45) is 1.46. The molecule has 0 aliphatic carbocycles. The van der Waals surface area contributed by atoms with Crippen molar-refractivity contribution in [3.63, 3.8) is 0 Å². The fourth-order valence-corrected chi connectivity index (χ4v) is 2.66. The third-order valence-electron chi connectivity index (χ3n) is 4.01. The Labute approximate surface area is 158 Å². The second-order valence-electron chi connectivity index (χ2n) is 5.78. The van der Waals surface area contributed by atoms with Gasteiger partial charge in [-0.05, 0) is 64.2 Å². The lowest BCUT2D eigenvalue weighted by atomic mass is 10.1. The number of hydrogen-bond acceptors (Lipinski definition) is 8. The Morgan fingerprint density at radius 1 is 1.11 bits per heavy atom. The van der Waals surface area contributed by atoms with E-state index >= 15 is 0 Å². The zero-order chi connectivity index (χ0) is 19.5. The average Bonchev–Trinajstić information content (AvgIpc) is 3.40. The molecule has 11 nitrogen and oxygen atoms in total. The predicted octanol–water partition coefficient (Wildman–Crippen LogP) is 1.21. The van der Waals surface area contributed by atoms with Gasteiger partial charge in [-0.1, -0.05) is 6.07 Å². The zero-order valence-electron chi connectivity index (χ0n) is 15.0. The van der Waals surface area contributed by atoms with Gasteiger partial charge in [0.15, 0.2) is 5.82 Å². The van der Waals surface area contributed by atoms with Gasteiger partial charge in [-0.2, -0.15) is 4.68 Å². The Morgan fingerprint density at radius 2 is 2.00 bits per heavy atom. The molecule has 0 atom stereocenters. The van der Waals surface area contributed by atoms with Crippen molar-refractivity contribution in [3.8, 4) is 17.1 Å². The molecule has 0 bridgehead atoms. The van der Waals surface area contributed by atoms with Crippen molar-refractivity contribution in [1.29, 1.82) is 0 Å². The number of aromatic nitrogens is 8. The summed E-state index contributed by atoms with van der Waals surface area (Å²) in [6, 6.07) is 12.2. The molecule has 2 heterocycles. The Morgan fingerprint density at radius 3 is 2.71 bits per heavy atom. The van der Waals surface area contributed by atoms with Crippen molar-refractivity contribution in [2.45, 2.75) is 6.92 Å². The second-order valence-corrected chi connectivity index (χ2v) is 5.78. The minimum atomic E-state index is -0.278. The summed E-state index contributed by atoms with van der Waals surface area (Å²) in [5, 5.41) is 25.4. The van der Waals surface area contributed by atoms with Gasteiger partial charge < -0.3 is 10.1 Å². The molecular formula is C17H15N9O2. The fourth-order valence-electron chi connectivity index (χ4n) is 2.66. The highest BCUT2D eigenvalue weighted by Crippen LogP contribution is 2.26. The first-order valence-corrected chi connectivity index (χ1v) is 8.24. The molecule has 0 unspecified atom stereocenters. The number of nitrogens with zero attached hydrogens (tertiary/aromatic N) is 8. The number of tetrazole rings is 2. The van der Waals surface area contributed by atoms with Crippen molar-refractivity contribution < 1.29 is 9.53 Å². The van der Waals surface area contributed by atoms with Crippen molar-refractivity contribution in [3.05, 3.63) is 60.2 Å². The number of ether oxygens (including phenoxy) is 1. The first-order valence-electron chi connectivity index (χ1n) is 8.24. The number of amides is 1. The number of aryl methyl sites for hydroxylation is 1. The highest BCUT2D eigenvalue weighted by molar-refractivity contribution is 6.04. The number of carbonyl (C=O) groups is 1. The quantitative estimate of drug-likeness (QED) is 0.550. The summed E-state index contributed by atoms with van der Waals surface area (Å²) >= 11 is 0. The summed E-state index contributed by atoms with van der Waals surface area (Å²) in [5.41, 5.74) is 2.33. The van der Waals surface area contributed by atoms with E-state index < -0.39 is 0 Å². The van der Waals surface area contributed by atoms with E-state index in [9.17, 15) is 4.79 Å². The van der Waals surface area contributed by atoms with Crippen LogP contribution in [-0.4, -0.2) is 53.4 Å². The topological polar surface area (TPSA) is 126 Å². The Kier molecular flexibility index (Phi) is 4.46. The first-order chi connectivity index (χ1) is 13.7. The van der Waals surface area contributed by atoms with Gasteiger partial charge in [0.25, 0.3) is 5.91 Å². The van der Waals surface area contributed by atoms with Crippen LogP contribution in [0.1, 0.15) is 16.2 Å². The van der Waals surface area contributed by atoms with E-state index in [1.165, 1.54) is 15.7 Å². The standard InChI is InChI=1S/C17H15N9O2/c1-11-20-22-24-26(11)15-9-13(6-7-16(15)28-2)19-17(27)12-4-3-5-14(8-12)25-10-18-21-23-25/h3-10H,1-2H3,(H,19,27). The molecule has 2 aromatic carbocycles. The molecule has 0 fully saturated rings. The highest BCUT2D eigenvalue weighted by Gasteiger charge is 2.13. The number of nitrogens with one attached hydrogen (secondary N) is 1. The van der Waals surface area contributed by atoms with Crippen LogP contribution in [0.3, 0.4) is 0 Å². The van der Waals surface area contributed by atoms with E-state index in [0.29, 0.717) is 34.2 Å². The number of benzene rings is 2. The molecule has 0 spiro atoms. The van der Waals surface area contributed by atoms with E-state index in [1.807, 2.05) is 0 Å². The minimum Gasteiger partial charge on any atom is -0.494 e. The minimum absolute atomic E-state index is 0.278. The van der Waals surface area contributed by atoms with E-state index in [-0.39, 0.29) is 5.91 Å². The lowest BCUT2D eigenvalue weighted by molar-refractivity contribution is 0.102. The first kappa shape index (κ1) is 17.3. The fraction of sp³-hybridized carbons (Fsp3) is 0.118. The summed E-state index contributed by atoms with van der Waals surface area (Å²) in [7, 11) is 1.56. The molecule has 1 N–H and O–H groups in total. The summed E-state index contributed by atoms with van der Waals surface area (Å²) in [4.78, 5) is 12.7. The molecule has 140 valence electrons. The maximum Gasteiger partial charge on any atom is 0.255 e. The SMILES string of the molecule is COc1ccc(NC(=O)c2cccc(-n3cnnn3)c2)cc1-n1nnnc1C. The Balaban J connectivity index is 1.62. The number of hydrogen-bond donors (Lipinski definition) is 1.